The molecule has 0 aliphatic carbocycles. The van der Waals surface area contributed by atoms with Crippen LogP contribution in [0.4, 0.5) is 5.82 Å². The lowest BCUT2D eigenvalue weighted by atomic mass is 9.87. The number of nitrogen functional groups attached to an aromatic ring is 1. The van der Waals surface area contributed by atoms with Crippen LogP contribution < -0.4 is 11.5 Å². The Bertz CT molecular complexity index is 850. The molecule has 0 amide bonds. The average Bonchev–Trinajstić information content (AvgIpc) is 3.21. The normalized spacial score (nSPS) is 17.3. The minimum Gasteiger partial charge on any atom is -0.385 e. The summed E-state index contributed by atoms with van der Waals surface area (Å²) in [5.74, 6) is 1.80. The number of aromatic amines is 2. The van der Waals surface area contributed by atoms with Gasteiger partial charge < -0.3 is 26.3 Å². The molecule has 0 atom stereocenters. The van der Waals surface area contributed by atoms with Gasteiger partial charge >= 0.3 is 0 Å². The minimum atomic E-state index is -0.487. The van der Waals surface area contributed by atoms with E-state index in [1.807, 2.05) is 35.2 Å². The molecule has 7 nitrogen and oxygen atoms in total. The van der Waals surface area contributed by atoms with E-state index in [1.54, 1.807) is 6.20 Å². The number of para-hydroxylation sites is 2. The summed E-state index contributed by atoms with van der Waals surface area (Å²) >= 11 is 0. The maximum atomic E-state index is 8.37. The molecular formula is C17H21N7. The third-order valence-corrected chi connectivity index (χ3v) is 4.87. The summed E-state index contributed by atoms with van der Waals surface area (Å²) < 4.78 is 0. The molecule has 124 valence electrons. The van der Waals surface area contributed by atoms with E-state index in [-0.39, 0.29) is 0 Å². The molecule has 7 N–H and O–H groups in total. The summed E-state index contributed by atoms with van der Waals surface area (Å²) in [6.45, 7) is 1.41. The number of rotatable bonds is 2. The Morgan fingerprint density at radius 3 is 2.62 bits per heavy atom. The van der Waals surface area contributed by atoms with Gasteiger partial charge in [-0.2, -0.15) is 0 Å². The maximum absolute atomic E-state index is 8.37. The van der Waals surface area contributed by atoms with Crippen LogP contribution in [0.2, 0.25) is 0 Å². The van der Waals surface area contributed by atoms with Gasteiger partial charge in [-0.1, -0.05) is 12.1 Å². The Balaban J connectivity index is 1.52. The van der Waals surface area contributed by atoms with Crippen molar-refractivity contribution in [3.8, 4) is 0 Å². The highest BCUT2D eigenvalue weighted by molar-refractivity contribution is 6.00. The number of nitrogens with zero attached hydrogens (tertiary/aromatic N) is 2. The molecule has 4 rings (SSSR count). The van der Waals surface area contributed by atoms with E-state index in [2.05, 4.69) is 15.0 Å². The molecule has 2 aromatic heterocycles. The number of hydrogen-bond acceptors (Lipinski definition) is 4. The first kappa shape index (κ1) is 14.8. The lowest BCUT2D eigenvalue weighted by Crippen LogP contribution is -2.50. The van der Waals surface area contributed by atoms with Crippen LogP contribution in [-0.2, 0) is 5.54 Å². The van der Waals surface area contributed by atoms with Crippen LogP contribution in [0.15, 0.2) is 36.5 Å². The van der Waals surface area contributed by atoms with Crippen molar-refractivity contribution < 1.29 is 0 Å². The number of aromatic nitrogens is 3. The number of nitrogens with two attached hydrogens (primary N) is 2. The third-order valence-electron chi connectivity index (χ3n) is 4.87. The fourth-order valence-corrected chi connectivity index (χ4v) is 3.31. The molecule has 24 heavy (non-hydrogen) atoms. The first-order valence-electron chi connectivity index (χ1n) is 8.08. The van der Waals surface area contributed by atoms with Crippen molar-refractivity contribution in [1.29, 1.82) is 5.41 Å². The molecule has 0 unspecified atom stereocenters. The molecule has 1 aliphatic rings. The molecule has 0 spiro atoms. The smallest absolute Gasteiger partial charge is 0.131 e. The number of likely N-dealkylation sites (tertiary alicyclic amines) is 1. The Labute approximate surface area is 139 Å². The summed E-state index contributed by atoms with van der Waals surface area (Å²) in [5.41, 5.74) is 14.7. The second kappa shape index (κ2) is 5.38. The SMILES string of the molecule is N=C(c1cc[nH]c1N)N1CCC(N)(c2nc3ccccc3[nH]2)CC1. The molecule has 0 bridgehead atoms. The molecule has 7 heteroatoms. The van der Waals surface area contributed by atoms with Gasteiger partial charge in [0.15, 0.2) is 0 Å². The predicted octanol–water partition coefficient (Wildman–Crippen LogP) is 1.75. The molecule has 0 radical (unpaired) electrons. The Morgan fingerprint density at radius 2 is 1.96 bits per heavy atom. The number of anilines is 1. The topological polar surface area (TPSA) is 124 Å². The van der Waals surface area contributed by atoms with E-state index in [0.717, 1.165) is 35.3 Å². The second-order valence-electron chi connectivity index (χ2n) is 6.40. The van der Waals surface area contributed by atoms with Crippen LogP contribution in [0.25, 0.3) is 11.0 Å². The van der Waals surface area contributed by atoms with Gasteiger partial charge in [0.25, 0.3) is 0 Å². The molecule has 0 saturated carbocycles. The second-order valence-corrected chi connectivity index (χ2v) is 6.40. The van der Waals surface area contributed by atoms with Crippen LogP contribution in [-0.4, -0.2) is 38.8 Å². The van der Waals surface area contributed by atoms with Crippen LogP contribution in [0.5, 0.6) is 0 Å². The van der Waals surface area contributed by atoms with Gasteiger partial charge in [-0.3, -0.25) is 5.41 Å². The number of hydrogen-bond donors (Lipinski definition) is 5. The first-order chi connectivity index (χ1) is 11.6. The molecule has 1 aliphatic heterocycles. The number of fused-ring (bicyclic) bond motifs is 1. The van der Waals surface area contributed by atoms with Gasteiger partial charge in [-0.25, -0.2) is 4.98 Å². The largest absolute Gasteiger partial charge is 0.385 e. The lowest BCUT2D eigenvalue weighted by Gasteiger charge is -2.39. The number of nitrogens with one attached hydrogen (secondary N) is 3. The van der Waals surface area contributed by atoms with Crippen molar-refractivity contribution in [2.45, 2.75) is 18.4 Å². The van der Waals surface area contributed by atoms with E-state index in [1.165, 1.54) is 0 Å². The Hall–Kier alpha value is -2.80. The Morgan fingerprint density at radius 1 is 1.21 bits per heavy atom. The zero-order valence-electron chi connectivity index (χ0n) is 13.3. The molecule has 1 saturated heterocycles. The van der Waals surface area contributed by atoms with Crippen LogP contribution >= 0.6 is 0 Å². The highest BCUT2D eigenvalue weighted by atomic mass is 15.2. The summed E-state index contributed by atoms with van der Waals surface area (Å²) in [6.07, 6.45) is 3.23. The number of piperidine rings is 1. The fourth-order valence-electron chi connectivity index (χ4n) is 3.31. The van der Waals surface area contributed by atoms with Crippen molar-refractivity contribution in [2.75, 3.05) is 18.8 Å². The monoisotopic (exact) mass is 323 g/mol. The summed E-state index contributed by atoms with van der Waals surface area (Å²) in [7, 11) is 0. The van der Waals surface area contributed by atoms with Crippen molar-refractivity contribution in [2.24, 2.45) is 5.73 Å². The van der Waals surface area contributed by atoms with Crippen molar-refractivity contribution in [1.82, 2.24) is 19.9 Å². The van der Waals surface area contributed by atoms with Crippen LogP contribution in [0, 0.1) is 5.41 Å². The lowest BCUT2D eigenvalue weighted by molar-refractivity contribution is 0.222. The zero-order valence-corrected chi connectivity index (χ0v) is 13.3. The minimum absolute atomic E-state index is 0.445. The number of H-pyrrole nitrogens is 2. The number of imidazole rings is 1. The molecule has 3 heterocycles. The van der Waals surface area contributed by atoms with E-state index in [4.69, 9.17) is 16.9 Å². The molecule has 1 aromatic carbocycles. The highest BCUT2D eigenvalue weighted by Gasteiger charge is 2.36. The van der Waals surface area contributed by atoms with Crippen LogP contribution in [0.1, 0.15) is 24.2 Å². The summed E-state index contributed by atoms with van der Waals surface area (Å²) in [4.78, 5) is 13.0. The van der Waals surface area contributed by atoms with Gasteiger partial charge in [0.2, 0.25) is 0 Å². The van der Waals surface area contributed by atoms with E-state index in [9.17, 15) is 0 Å². The summed E-state index contributed by atoms with van der Waals surface area (Å²) in [5, 5.41) is 8.37. The van der Waals surface area contributed by atoms with Gasteiger partial charge in [-0.15, -0.1) is 0 Å². The molecule has 1 fully saturated rings. The third kappa shape index (κ3) is 2.33. The van der Waals surface area contributed by atoms with Gasteiger partial charge in [0.1, 0.15) is 17.5 Å². The average molecular weight is 323 g/mol. The molecular weight excluding hydrogens is 302 g/mol. The number of amidine groups is 1. The van der Waals surface area contributed by atoms with E-state index < -0.39 is 5.54 Å². The van der Waals surface area contributed by atoms with Crippen molar-refractivity contribution in [3.05, 3.63) is 47.9 Å². The fraction of sp³-hybridized carbons (Fsp3) is 0.294. The predicted molar refractivity (Wildman–Crippen MR) is 94.8 cm³/mol. The quantitative estimate of drug-likeness (QED) is 0.364. The highest BCUT2D eigenvalue weighted by Crippen LogP contribution is 2.30. The van der Waals surface area contributed by atoms with Crippen molar-refractivity contribution in [3.63, 3.8) is 0 Å². The Kier molecular flexibility index (Phi) is 3.31. The van der Waals surface area contributed by atoms with E-state index in [0.29, 0.717) is 24.7 Å². The van der Waals surface area contributed by atoms with Gasteiger partial charge in [0, 0.05) is 19.3 Å². The van der Waals surface area contributed by atoms with E-state index >= 15 is 0 Å². The number of benzene rings is 1. The van der Waals surface area contributed by atoms with Gasteiger partial charge in [-0.05, 0) is 31.0 Å². The standard InChI is InChI=1S/C17H21N7/c18-14-11(5-8-21-14)15(19)24-9-6-17(20,7-10-24)16-22-12-3-1-2-4-13(12)23-16/h1-5,8,19,21H,6-7,9-10,18,20H2,(H,22,23). The summed E-state index contributed by atoms with van der Waals surface area (Å²) in [6, 6.07) is 9.79. The molecule has 3 aromatic rings. The van der Waals surface area contributed by atoms with Crippen molar-refractivity contribution >= 4 is 22.7 Å². The first-order valence-corrected chi connectivity index (χ1v) is 8.08. The maximum Gasteiger partial charge on any atom is 0.131 e. The van der Waals surface area contributed by atoms with Gasteiger partial charge in [0.05, 0.1) is 22.1 Å². The zero-order chi connectivity index (χ0) is 16.7. The van der Waals surface area contributed by atoms with Crippen LogP contribution in [0.3, 0.4) is 0 Å².